The van der Waals surface area contributed by atoms with Gasteiger partial charge in [0.05, 0.1) is 88.6 Å². The number of non-ortho nitro benzene ring substituents is 3. The quantitative estimate of drug-likeness (QED) is 0.0232. The Hall–Kier alpha value is -12.4. The van der Waals surface area contributed by atoms with Crippen LogP contribution in [0.15, 0.2) is 210 Å². The van der Waals surface area contributed by atoms with Crippen molar-refractivity contribution in [3.8, 4) is 0 Å². The van der Waals surface area contributed by atoms with E-state index in [9.17, 15) is 59.7 Å². The first-order valence-electron chi connectivity index (χ1n) is 28.8. The monoisotopic (exact) mass is 1320 g/mol. The molecule has 0 amide bonds. The van der Waals surface area contributed by atoms with Crippen LogP contribution in [0, 0.1) is 51.1 Å². The van der Waals surface area contributed by atoms with E-state index in [4.69, 9.17) is 57.8 Å². The summed E-state index contributed by atoms with van der Waals surface area (Å²) in [6, 6.07) is 55.7. The summed E-state index contributed by atoms with van der Waals surface area (Å²) in [6.45, 7) is 6.39. The predicted molar refractivity (Wildman–Crippen MR) is 360 cm³/mol. The van der Waals surface area contributed by atoms with Gasteiger partial charge in [-0.2, -0.15) is 0 Å². The number of aliphatic hydroxyl groups is 1. The molecule has 0 bridgehead atoms. The number of carboxylic acid groups (broad SMARTS) is 4. The third kappa shape index (κ3) is 19.3. The van der Waals surface area contributed by atoms with Crippen LogP contribution in [0.2, 0.25) is 5.02 Å². The van der Waals surface area contributed by atoms with E-state index >= 15 is 0 Å². The van der Waals surface area contributed by atoms with Gasteiger partial charge in [-0.05, 0) is 92.1 Å². The van der Waals surface area contributed by atoms with Gasteiger partial charge >= 0.3 is 23.9 Å². The number of carbonyl (C=O) groups is 4. The van der Waals surface area contributed by atoms with E-state index in [1.807, 2.05) is 123 Å². The van der Waals surface area contributed by atoms with Crippen molar-refractivity contribution in [1.82, 2.24) is 0 Å². The van der Waals surface area contributed by atoms with Crippen LogP contribution in [-0.2, 0) is 9.47 Å². The van der Waals surface area contributed by atoms with E-state index in [1.165, 1.54) is 36.4 Å². The lowest BCUT2D eigenvalue weighted by atomic mass is 10.1. The molecule has 0 fully saturated rings. The Kier molecular flexibility index (Phi) is 24.6. The summed E-state index contributed by atoms with van der Waals surface area (Å²) in [7, 11) is 0. The highest BCUT2D eigenvalue weighted by Crippen LogP contribution is 2.35. The Morgan fingerprint density at radius 1 is 0.500 bits per heavy atom. The number of hydrogen-bond donors (Lipinski definition) is 9. The largest absolute Gasteiger partial charge is 0.478 e. The van der Waals surface area contributed by atoms with Gasteiger partial charge in [0.1, 0.15) is 25.3 Å². The molecule has 492 valence electrons. The number of hydrogen-bond acceptors (Lipinski definition) is 19. The zero-order valence-electron chi connectivity index (χ0n) is 51.3. The number of benzene rings is 9. The molecule has 0 radical (unpaired) electrons. The van der Waals surface area contributed by atoms with Gasteiger partial charge in [0.2, 0.25) is 11.8 Å². The maximum absolute atomic E-state index is 11.6. The number of aryl methyl sites for hydroxylation is 3. The van der Waals surface area contributed by atoms with Crippen LogP contribution < -0.4 is 22.1 Å². The molecule has 0 saturated carbocycles. The minimum Gasteiger partial charge on any atom is -0.478 e. The van der Waals surface area contributed by atoms with Crippen molar-refractivity contribution in [2.24, 2.45) is 15.7 Å². The molecule has 9 aromatic rings. The molecule has 2 aliphatic heterocycles. The minimum absolute atomic E-state index is 0.00398. The number of aromatic carboxylic acids is 4. The second kappa shape index (κ2) is 33.3. The first-order chi connectivity index (χ1) is 45.8. The molecule has 27 heteroatoms. The number of ether oxygens (including phenoxy) is 2. The molecule has 0 spiro atoms. The average Bonchev–Trinajstić information content (AvgIpc) is 1.57. The van der Waals surface area contributed by atoms with Gasteiger partial charge in [0, 0.05) is 42.1 Å². The van der Waals surface area contributed by atoms with Gasteiger partial charge in [-0.3, -0.25) is 30.3 Å². The van der Waals surface area contributed by atoms with Crippen molar-refractivity contribution in [1.29, 1.82) is 0 Å². The Labute approximate surface area is 552 Å². The summed E-state index contributed by atoms with van der Waals surface area (Å²) in [6.07, 6.45) is 0. The Bertz CT molecular complexity index is 4410. The summed E-state index contributed by atoms with van der Waals surface area (Å²) in [5.41, 5.74) is 18.5. The van der Waals surface area contributed by atoms with Crippen molar-refractivity contribution in [2.75, 3.05) is 36.2 Å². The van der Waals surface area contributed by atoms with Gasteiger partial charge in [-0.1, -0.05) is 137 Å². The molecule has 26 nitrogen and oxygen atoms in total. The number of anilines is 5. The van der Waals surface area contributed by atoms with Crippen LogP contribution >= 0.6 is 11.6 Å². The van der Waals surface area contributed by atoms with E-state index in [0.717, 1.165) is 68.9 Å². The van der Waals surface area contributed by atoms with Crippen LogP contribution in [0.4, 0.5) is 45.5 Å². The zero-order chi connectivity index (χ0) is 69.8. The summed E-state index contributed by atoms with van der Waals surface area (Å²) >= 11 is 5.61. The van der Waals surface area contributed by atoms with E-state index in [1.54, 1.807) is 37.3 Å². The molecular weight excluding hydrogens is 1260 g/mol. The van der Waals surface area contributed by atoms with Crippen LogP contribution in [0.1, 0.15) is 104 Å². The highest BCUT2D eigenvalue weighted by Gasteiger charge is 2.28. The molecule has 3 atom stereocenters. The number of carboxylic acids is 4. The predicted octanol–water partition coefficient (Wildman–Crippen LogP) is 13.6. The second-order valence-corrected chi connectivity index (χ2v) is 21.5. The van der Waals surface area contributed by atoms with Crippen molar-refractivity contribution >= 4 is 92.8 Å². The molecule has 0 aromatic heterocycles. The number of nitrogen functional groups attached to an aromatic ring is 1. The van der Waals surface area contributed by atoms with Gasteiger partial charge < -0.3 is 57.1 Å². The van der Waals surface area contributed by atoms with Crippen molar-refractivity contribution in [3.05, 3.63) is 302 Å². The molecule has 2 heterocycles. The van der Waals surface area contributed by atoms with E-state index in [2.05, 4.69) is 10.6 Å². The van der Waals surface area contributed by atoms with Gasteiger partial charge in [-0.15, -0.1) is 0 Å². The summed E-state index contributed by atoms with van der Waals surface area (Å²) in [5, 5.41) is 83.3. The number of aliphatic hydroxyl groups excluding tert-OH is 1. The van der Waals surface area contributed by atoms with Gasteiger partial charge in [0.15, 0.2) is 0 Å². The molecule has 9 aromatic carbocycles. The van der Waals surface area contributed by atoms with Gasteiger partial charge in [0.25, 0.3) is 17.1 Å². The number of nitrogens with two attached hydrogens (primary N) is 2. The third-order valence-electron chi connectivity index (χ3n) is 14.2. The molecule has 11 rings (SSSR count). The lowest BCUT2D eigenvalue weighted by Crippen LogP contribution is -2.13. The van der Waals surface area contributed by atoms with Crippen LogP contribution in [-0.4, -0.2) is 95.8 Å². The number of nitro groups is 3. The van der Waals surface area contributed by atoms with Crippen LogP contribution in [0.25, 0.3) is 0 Å². The Morgan fingerprint density at radius 2 is 0.865 bits per heavy atom. The van der Waals surface area contributed by atoms with Crippen molar-refractivity contribution in [3.63, 3.8) is 0 Å². The third-order valence-corrected chi connectivity index (χ3v) is 14.5. The zero-order valence-corrected chi connectivity index (χ0v) is 52.1. The topological polar surface area (TPSA) is 418 Å². The maximum atomic E-state index is 11.6. The first kappa shape index (κ1) is 71.1. The van der Waals surface area contributed by atoms with E-state index < -0.39 is 38.6 Å². The summed E-state index contributed by atoms with van der Waals surface area (Å²) < 4.78 is 12.0. The Morgan fingerprint density at radius 3 is 1.32 bits per heavy atom. The van der Waals surface area contributed by atoms with E-state index in [0.29, 0.717) is 36.3 Å². The molecule has 0 unspecified atom stereocenters. The average molecular weight is 1320 g/mol. The highest BCUT2D eigenvalue weighted by molar-refractivity contribution is 6.33. The number of aliphatic imine (C=N–C) groups is 2. The van der Waals surface area contributed by atoms with Gasteiger partial charge in [-0.25, -0.2) is 29.2 Å². The summed E-state index contributed by atoms with van der Waals surface area (Å²) in [5.74, 6) is -3.88. The lowest BCUT2D eigenvalue weighted by Gasteiger charge is -2.15. The fourth-order valence-electron chi connectivity index (χ4n) is 9.23. The number of nitro benzene ring substituents is 3. The van der Waals surface area contributed by atoms with Crippen LogP contribution in [0.5, 0.6) is 0 Å². The summed E-state index contributed by atoms with van der Waals surface area (Å²) in [4.78, 5) is 84.0. The maximum Gasteiger partial charge on any atom is 0.338 e. The molecule has 0 saturated heterocycles. The smallest absolute Gasteiger partial charge is 0.338 e. The van der Waals surface area contributed by atoms with E-state index in [-0.39, 0.29) is 86.1 Å². The van der Waals surface area contributed by atoms with Crippen LogP contribution in [0.3, 0.4) is 0 Å². The SMILES string of the molecule is Cc1ccc(Cl)c(C(=O)O)c1.Cc1ccc(Nc2ccc([N+](=O)[O-])cc2C(=O)O)c(C(=O)O)c1.Cc1ccc(Nc2ccc([N+](=O)[O-])cc2C2=N[C@H](c3ccccc3)CO2)c(C2=N[C@H](c3ccccc3)CO2)c1.N[C@@H](CO)c1ccccc1.Nc1ccc([N+](=O)[O-])cc1C(=O)O. The number of halogens is 1. The highest BCUT2D eigenvalue weighted by atomic mass is 35.5. The minimum atomic E-state index is -1.36. The molecular formula is C69H62ClN9O17. The Balaban J connectivity index is 0.000000192. The van der Waals surface area contributed by atoms with Crippen molar-refractivity contribution in [2.45, 2.75) is 38.9 Å². The number of rotatable bonds is 17. The molecule has 96 heavy (non-hydrogen) atoms. The molecule has 11 N–H and O–H groups in total. The normalized spacial score (nSPS) is 13.5. The number of nitrogens with one attached hydrogen (secondary N) is 2. The fourth-order valence-corrected chi connectivity index (χ4v) is 9.43. The second-order valence-electron chi connectivity index (χ2n) is 21.1. The van der Waals surface area contributed by atoms with Crippen molar-refractivity contribution < 1.29 is 69.0 Å². The molecule has 2 aliphatic rings. The molecule has 0 aliphatic carbocycles. The number of nitrogens with zero attached hydrogens (tertiary/aromatic N) is 5. The first-order valence-corrected chi connectivity index (χ1v) is 29.2. The standard InChI is InChI=1S/C31H26N4O4.C15H12N2O6.C8H7ClO2.C8H11NO.C7H6N2O4/c1-20-12-14-26(24(16-20)30-33-28(18-38-30)21-8-4-2-5-9-21)32-27-15-13-23(35(36)37)17-25(27)31-34-29(19-39-31)22-10-6-3-7-11-22;1-8-2-4-12(10(6-8)14(18)19)16-13-5-3-9(17(22)23)7-11(13)15(20)21;1-5-2-3-7(9)6(4-5)8(10)11;9-8(6-10)7-4-2-1-3-5-7;8-6-2-1-4(9(12)13)3-5(6)7(10)11/h2-17,28-29,32H,18-19H2,1H3;2-7,16H,1H3,(H,18,19)(H,20,21);2-4H,1H3,(H,10,11);1-5,8,10H,6,9H2;1-3H,8H2,(H,10,11)/t28-,29-;;;8-;/m0..0./s1. The fraction of sp³-hybridized carbons (Fsp3) is 0.130. The lowest BCUT2D eigenvalue weighted by molar-refractivity contribution is -0.385.